The highest BCUT2D eigenvalue weighted by Crippen LogP contribution is 2.62. The molecule has 6 heteroatoms. The monoisotopic (exact) mass is 388 g/mol. The summed E-state index contributed by atoms with van der Waals surface area (Å²) in [5.41, 5.74) is -1.39. The molecule has 0 aromatic carbocycles. The van der Waals surface area contributed by atoms with E-state index >= 15 is 0 Å². The number of esters is 2. The van der Waals surface area contributed by atoms with Crippen molar-refractivity contribution in [1.29, 1.82) is 0 Å². The van der Waals surface area contributed by atoms with Crippen LogP contribution in [0.1, 0.15) is 64.2 Å². The Labute approximate surface area is 164 Å². The zero-order valence-electron chi connectivity index (χ0n) is 16.2. The van der Waals surface area contributed by atoms with Crippen LogP contribution in [-0.4, -0.2) is 36.7 Å². The number of rotatable bonds is 0. The van der Waals surface area contributed by atoms with E-state index in [9.17, 15) is 19.2 Å². The van der Waals surface area contributed by atoms with Gasteiger partial charge in [-0.2, -0.15) is 0 Å². The van der Waals surface area contributed by atoms with Crippen LogP contribution in [-0.2, 0) is 28.7 Å². The van der Waals surface area contributed by atoms with E-state index in [1.165, 1.54) is 0 Å². The van der Waals surface area contributed by atoms with E-state index in [2.05, 4.69) is 0 Å². The van der Waals surface area contributed by atoms with Crippen molar-refractivity contribution < 1.29 is 28.7 Å². The Balaban J connectivity index is 1.38. The van der Waals surface area contributed by atoms with Gasteiger partial charge in [-0.25, -0.2) is 0 Å². The number of carbonyl (C=O) groups is 4. The summed E-state index contributed by atoms with van der Waals surface area (Å²) in [7, 11) is 0. The number of hydrogen-bond donors (Lipinski definition) is 0. The summed E-state index contributed by atoms with van der Waals surface area (Å²) in [5, 5.41) is 0. The second-order valence-corrected chi connectivity index (χ2v) is 9.54. The molecule has 5 aliphatic rings. The first-order valence-electron chi connectivity index (χ1n) is 10.9. The lowest BCUT2D eigenvalue weighted by molar-refractivity contribution is -0.200. The summed E-state index contributed by atoms with van der Waals surface area (Å²) in [6.45, 7) is 0.518. The summed E-state index contributed by atoms with van der Waals surface area (Å²) in [4.78, 5) is 50.8. The molecule has 0 radical (unpaired) electrons. The van der Waals surface area contributed by atoms with Crippen LogP contribution in [0.15, 0.2) is 0 Å². The fourth-order valence-electron chi connectivity index (χ4n) is 7.14. The van der Waals surface area contributed by atoms with E-state index in [1.807, 2.05) is 0 Å². The molecular weight excluding hydrogens is 360 g/mol. The molecule has 0 unspecified atom stereocenters. The van der Waals surface area contributed by atoms with Crippen LogP contribution < -0.4 is 0 Å². The number of cyclic esters (lactones) is 2. The minimum Gasteiger partial charge on any atom is -0.465 e. The van der Waals surface area contributed by atoms with Crippen molar-refractivity contribution in [3.05, 3.63) is 0 Å². The van der Waals surface area contributed by atoms with Gasteiger partial charge in [-0.15, -0.1) is 0 Å². The largest absolute Gasteiger partial charge is 0.465 e. The van der Waals surface area contributed by atoms with Gasteiger partial charge in [0.2, 0.25) is 0 Å². The van der Waals surface area contributed by atoms with Gasteiger partial charge in [-0.1, -0.05) is 0 Å². The molecule has 0 N–H and O–H groups in total. The number of carbonyl (C=O) groups excluding carboxylic acids is 4. The molecule has 1 saturated heterocycles. The van der Waals surface area contributed by atoms with Crippen molar-refractivity contribution in [2.24, 2.45) is 34.5 Å². The Bertz CT molecular complexity index is 681. The highest BCUT2D eigenvalue weighted by atomic mass is 16.5. The molecule has 6 nitrogen and oxygen atoms in total. The molecule has 4 aliphatic carbocycles. The van der Waals surface area contributed by atoms with Gasteiger partial charge < -0.3 is 9.47 Å². The smallest absolute Gasteiger partial charge is 0.313 e. The number of ketones is 2. The van der Waals surface area contributed by atoms with Crippen LogP contribution >= 0.6 is 0 Å². The van der Waals surface area contributed by atoms with Gasteiger partial charge in [0.1, 0.15) is 11.6 Å². The van der Waals surface area contributed by atoms with Gasteiger partial charge in [0.05, 0.1) is 24.0 Å². The maximum Gasteiger partial charge on any atom is 0.313 e. The fraction of sp³-hybridized carbons (Fsp3) is 0.818. The molecule has 6 atom stereocenters. The molecule has 152 valence electrons. The molecule has 1 aliphatic heterocycles. The Kier molecular flexibility index (Phi) is 4.18. The SMILES string of the molecule is O=C1CCC[C@]23C(=O)OCC[C@H]4C[C@H]5C(=O)CCC[C@@]45C(=O)OCC[C@@H]2C[C@H]13. The third-order valence-electron chi connectivity index (χ3n) is 8.70. The molecule has 1 heterocycles. The Hall–Kier alpha value is -1.72. The van der Waals surface area contributed by atoms with Gasteiger partial charge in [-0.05, 0) is 63.2 Å². The third-order valence-corrected chi connectivity index (χ3v) is 8.70. The fourth-order valence-corrected chi connectivity index (χ4v) is 7.14. The Morgan fingerprint density at radius 1 is 0.679 bits per heavy atom. The molecule has 0 aromatic rings. The second-order valence-electron chi connectivity index (χ2n) is 9.54. The van der Waals surface area contributed by atoms with Crippen molar-refractivity contribution in [3.8, 4) is 0 Å². The normalized spacial score (nSPS) is 46.0. The van der Waals surface area contributed by atoms with E-state index in [4.69, 9.17) is 9.47 Å². The Morgan fingerprint density at radius 3 is 1.54 bits per heavy atom. The van der Waals surface area contributed by atoms with Crippen LogP contribution in [0, 0.1) is 34.5 Å². The van der Waals surface area contributed by atoms with E-state index in [-0.39, 0.29) is 60.4 Å². The van der Waals surface area contributed by atoms with Crippen LogP contribution in [0.3, 0.4) is 0 Å². The summed E-state index contributed by atoms with van der Waals surface area (Å²) in [6.07, 6.45) is 6.54. The first kappa shape index (κ1) is 18.3. The third kappa shape index (κ3) is 2.26. The molecule has 0 aromatic heterocycles. The number of ether oxygens (including phenoxy) is 2. The quantitative estimate of drug-likeness (QED) is 0.593. The molecule has 0 amide bonds. The number of hydrogen-bond acceptors (Lipinski definition) is 6. The first-order valence-corrected chi connectivity index (χ1v) is 10.9. The lowest BCUT2D eigenvalue weighted by Gasteiger charge is -2.57. The Morgan fingerprint density at radius 2 is 1.11 bits per heavy atom. The zero-order chi connectivity index (χ0) is 19.5. The van der Waals surface area contributed by atoms with Crippen LogP contribution in [0.5, 0.6) is 0 Å². The highest BCUT2D eigenvalue weighted by molar-refractivity contribution is 5.93. The maximum atomic E-state index is 13.1. The average molecular weight is 388 g/mol. The number of Topliss-reactive ketones (excluding diaryl/α,β-unsaturated/α-hetero) is 2. The standard InChI is InChI=1S/C22H28O6/c23-17-3-1-7-21-13(11-15(17)21)5-9-28-20(26)22-8-2-4-18(24)16(22)12-14(22)6-10-27-19(21)25/h13-16H,1-12H2/t13-,14+,15-,16+,21+,22-. The molecule has 28 heavy (non-hydrogen) atoms. The van der Waals surface area contributed by atoms with Gasteiger partial charge >= 0.3 is 11.9 Å². The molecular formula is C22H28O6. The van der Waals surface area contributed by atoms with Crippen LogP contribution in [0.4, 0.5) is 0 Å². The van der Waals surface area contributed by atoms with Gasteiger partial charge in [-0.3, -0.25) is 19.2 Å². The van der Waals surface area contributed by atoms with Gasteiger partial charge in [0, 0.05) is 24.7 Å². The highest BCUT2D eigenvalue weighted by Gasteiger charge is 2.66. The summed E-state index contributed by atoms with van der Waals surface area (Å²) in [6, 6.07) is 0. The molecule has 2 spiro atoms. The molecule has 5 fully saturated rings. The van der Waals surface area contributed by atoms with Crippen molar-refractivity contribution in [3.63, 3.8) is 0 Å². The maximum absolute atomic E-state index is 13.1. The summed E-state index contributed by atoms with van der Waals surface area (Å²) < 4.78 is 11.4. The second kappa shape index (κ2) is 6.39. The van der Waals surface area contributed by atoms with Crippen LogP contribution in [0.2, 0.25) is 0 Å². The predicted octanol–water partition coefficient (Wildman–Crippen LogP) is 2.62. The van der Waals surface area contributed by atoms with Crippen molar-refractivity contribution >= 4 is 23.5 Å². The molecule has 0 bridgehead atoms. The minimum atomic E-state index is -0.693. The lowest BCUT2D eigenvalue weighted by atomic mass is 9.46. The predicted molar refractivity (Wildman–Crippen MR) is 96.9 cm³/mol. The lowest BCUT2D eigenvalue weighted by Crippen LogP contribution is -2.62. The molecule has 5 rings (SSSR count). The summed E-state index contributed by atoms with van der Waals surface area (Å²) >= 11 is 0. The van der Waals surface area contributed by atoms with Gasteiger partial charge in [0.15, 0.2) is 0 Å². The van der Waals surface area contributed by atoms with Crippen molar-refractivity contribution in [1.82, 2.24) is 0 Å². The minimum absolute atomic E-state index is 0.0416. The van der Waals surface area contributed by atoms with E-state index in [0.29, 0.717) is 51.4 Å². The first-order chi connectivity index (χ1) is 13.5. The molecule has 4 saturated carbocycles. The van der Waals surface area contributed by atoms with Crippen molar-refractivity contribution in [2.45, 2.75) is 64.2 Å². The van der Waals surface area contributed by atoms with Gasteiger partial charge in [0.25, 0.3) is 0 Å². The zero-order valence-corrected chi connectivity index (χ0v) is 16.2. The van der Waals surface area contributed by atoms with E-state index in [0.717, 1.165) is 12.8 Å². The summed E-state index contributed by atoms with van der Waals surface area (Å²) in [5.74, 6) is -0.424. The van der Waals surface area contributed by atoms with E-state index < -0.39 is 10.8 Å². The van der Waals surface area contributed by atoms with Crippen molar-refractivity contribution in [2.75, 3.05) is 13.2 Å². The van der Waals surface area contributed by atoms with Crippen LogP contribution in [0.25, 0.3) is 0 Å². The van der Waals surface area contributed by atoms with E-state index in [1.54, 1.807) is 0 Å². The topological polar surface area (TPSA) is 86.7 Å². The average Bonchev–Trinajstić information content (AvgIpc) is 2.64.